The predicted octanol–water partition coefficient (Wildman–Crippen LogP) is 6.81. The summed E-state index contributed by atoms with van der Waals surface area (Å²) in [6.45, 7) is 1.42. The van der Waals surface area contributed by atoms with Gasteiger partial charge < -0.3 is 20.7 Å². The minimum Gasteiger partial charge on any atom is -0.461 e. The van der Waals surface area contributed by atoms with Crippen molar-refractivity contribution in [1.29, 1.82) is 0 Å². The molecule has 4 saturated heterocycles. The zero-order valence-corrected chi connectivity index (χ0v) is 26.5. The van der Waals surface area contributed by atoms with Crippen molar-refractivity contribution in [2.75, 3.05) is 43.4 Å². The maximum Gasteiger partial charge on any atom is 0.418 e. The van der Waals surface area contributed by atoms with Gasteiger partial charge in [0.2, 0.25) is 0 Å². The summed E-state index contributed by atoms with van der Waals surface area (Å²) in [5.74, 6) is -2.67. The number of ether oxygens (including phenoxy) is 1. The molecular formula is C32H31F10N7O. The zero-order valence-electron chi connectivity index (χ0n) is 26.5. The Balaban J connectivity index is 1.45. The van der Waals surface area contributed by atoms with Crippen LogP contribution in [0.2, 0.25) is 0 Å². The van der Waals surface area contributed by atoms with Crippen molar-refractivity contribution in [2.45, 2.75) is 74.7 Å². The van der Waals surface area contributed by atoms with Crippen LogP contribution in [0, 0.1) is 12.7 Å². The van der Waals surface area contributed by atoms with Gasteiger partial charge in [-0.2, -0.15) is 45.1 Å². The van der Waals surface area contributed by atoms with E-state index in [1.807, 2.05) is 4.90 Å². The molecule has 0 unspecified atom stereocenters. The third kappa shape index (κ3) is 5.96. The number of halogens is 10. The first-order chi connectivity index (χ1) is 23.4. The van der Waals surface area contributed by atoms with Crippen LogP contribution in [-0.2, 0) is 12.4 Å². The molecule has 18 heteroatoms. The normalized spacial score (nSPS) is 26.9. The van der Waals surface area contributed by atoms with E-state index in [4.69, 9.17) is 10.5 Å². The Morgan fingerprint density at radius 2 is 1.84 bits per heavy atom. The molecule has 4 aliphatic rings. The van der Waals surface area contributed by atoms with Crippen LogP contribution in [0.25, 0.3) is 22.2 Å². The number of aromatic nitrogens is 3. The van der Waals surface area contributed by atoms with Gasteiger partial charge in [0.25, 0.3) is 6.08 Å². The van der Waals surface area contributed by atoms with Crippen molar-refractivity contribution >= 4 is 22.5 Å². The number of piperazine rings is 1. The minimum absolute atomic E-state index is 0.0647. The molecule has 0 radical (unpaired) electrons. The molecule has 4 aliphatic heterocycles. The van der Waals surface area contributed by atoms with Crippen LogP contribution in [0.3, 0.4) is 0 Å². The molecule has 3 N–H and O–H groups in total. The summed E-state index contributed by atoms with van der Waals surface area (Å²) < 4.78 is 152. The number of hydrogen-bond acceptors (Lipinski definition) is 8. The third-order valence-corrected chi connectivity index (χ3v) is 10.2. The highest BCUT2D eigenvalue weighted by atomic mass is 19.4. The van der Waals surface area contributed by atoms with Crippen LogP contribution in [-0.4, -0.2) is 75.9 Å². The number of benzene rings is 1. The molecule has 0 amide bonds. The molecule has 0 saturated carbocycles. The highest BCUT2D eigenvalue weighted by molar-refractivity contribution is 5.95. The van der Waals surface area contributed by atoms with E-state index in [0.717, 1.165) is 19.4 Å². The number of rotatable bonds is 6. The van der Waals surface area contributed by atoms with E-state index in [1.165, 1.54) is 4.90 Å². The van der Waals surface area contributed by atoms with Gasteiger partial charge in [-0.15, -0.1) is 0 Å². The molecule has 7 rings (SSSR count). The Morgan fingerprint density at radius 1 is 1.08 bits per heavy atom. The van der Waals surface area contributed by atoms with E-state index in [2.05, 4.69) is 20.3 Å². The number of anilines is 2. The summed E-state index contributed by atoms with van der Waals surface area (Å²) in [7, 11) is 0. The van der Waals surface area contributed by atoms with Gasteiger partial charge in [0.1, 0.15) is 29.9 Å². The largest absolute Gasteiger partial charge is 0.461 e. The van der Waals surface area contributed by atoms with Gasteiger partial charge >= 0.3 is 18.4 Å². The number of nitrogens with two attached hydrogens (primary N) is 1. The molecule has 2 bridgehead atoms. The summed E-state index contributed by atoms with van der Waals surface area (Å²) in [4.78, 5) is 15.3. The number of nitrogens with zero attached hydrogens (tertiary/aromatic N) is 5. The first kappa shape index (κ1) is 34.5. The Morgan fingerprint density at radius 3 is 2.54 bits per heavy atom. The fraction of sp³-hybridized carbons (Fsp3) is 0.531. The topological polar surface area (TPSA) is 92.4 Å². The van der Waals surface area contributed by atoms with Crippen molar-refractivity contribution in [3.8, 4) is 17.3 Å². The van der Waals surface area contributed by atoms with Crippen LogP contribution >= 0.6 is 0 Å². The molecule has 1 aromatic carbocycles. The first-order valence-electron chi connectivity index (χ1n) is 15.9. The van der Waals surface area contributed by atoms with Gasteiger partial charge in [-0.25, -0.2) is 13.8 Å². The molecule has 0 spiro atoms. The van der Waals surface area contributed by atoms with Crippen molar-refractivity contribution < 1.29 is 48.6 Å². The molecule has 50 heavy (non-hydrogen) atoms. The minimum atomic E-state index is -5.42. The van der Waals surface area contributed by atoms with Crippen molar-refractivity contribution in [1.82, 2.24) is 25.2 Å². The lowest BCUT2D eigenvalue weighted by Crippen LogP contribution is -2.59. The van der Waals surface area contributed by atoms with Crippen LogP contribution in [0.4, 0.5) is 55.5 Å². The van der Waals surface area contributed by atoms with Gasteiger partial charge in [0.05, 0.1) is 33.5 Å². The number of alkyl halides is 7. The molecule has 8 nitrogen and oxygen atoms in total. The van der Waals surface area contributed by atoms with Gasteiger partial charge in [-0.1, -0.05) is 0 Å². The monoisotopic (exact) mass is 719 g/mol. The van der Waals surface area contributed by atoms with E-state index >= 15 is 4.39 Å². The maximum atomic E-state index is 16.8. The van der Waals surface area contributed by atoms with Crippen LogP contribution < -0.4 is 20.7 Å². The molecular weight excluding hydrogens is 688 g/mol. The molecule has 6 heterocycles. The number of pyridine rings is 1. The number of nitrogens with one attached hydrogen (secondary N) is 1. The highest BCUT2D eigenvalue weighted by Gasteiger charge is 2.50. The van der Waals surface area contributed by atoms with Crippen LogP contribution in [0.5, 0.6) is 6.01 Å². The SMILES string of the molecule is Cc1cc(N)nc(-c2c(C(F)(F)F)cc3c(N4C[C@H]5CC[C@@](C=C(F)F)(C4)N5)nc(OC[C@@]45CCCN4C[C@H](F)C5)nc3c2F)c1C(F)(F)F. The fourth-order valence-electron chi connectivity index (χ4n) is 8.28. The number of nitrogen functional groups attached to an aromatic ring is 1. The lowest BCUT2D eigenvalue weighted by Gasteiger charge is -2.40. The van der Waals surface area contributed by atoms with E-state index in [1.54, 1.807) is 0 Å². The maximum absolute atomic E-state index is 16.8. The van der Waals surface area contributed by atoms with Crippen molar-refractivity contribution in [3.05, 3.63) is 46.8 Å². The number of hydrogen-bond donors (Lipinski definition) is 2. The van der Waals surface area contributed by atoms with E-state index in [-0.39, 0.29) is 44.9 Å². The molecule has 4 atom stereocenters. The molecule has 0 aliphatic carbocycles. The molecule has 270 valence electrons. The molecule has 4 fully saturated rings. The highest BCUT2D eigenvalue weighted by Crippen LogP contribution is 2.48. The van der Waals surface area contributed by atoms with E-state index in [9.17, 15) is 39.5 Å². The summed E-state index contributed by atoms with van der Waals surface area (Å²) in [5.41, 5.74) is -4.09. The summed E-state index contributed by atoms with van der Waals surface area (Å²) in [6.07, 6.45) is -11.0. The number of fused-ring (bicyclic) bond motifs is 4. The second kappa shape index (κ2) is 11.8. The van der Waals surface area contributed by atoms with E-state index < -0.39 is 98.2 Å². The van der Waals surface area contributed by atoms with Crippen LogP contribution in [0.1, 0.15) is 48.8 Å². The summed E-state index contributed by atoms with van der Waals surface area (Å²) >= 11 is 0. The average Bonchev–Trinajstić information content (AvgIpc) is 3.62. The lowest BCUT2D eigenvalue weighted by molar-refractivity contribution is -0.139. The van der Waals surface area contributed by atoms with Crippen LogP contribution in [0.15, 0.2) is 24.3 Å². The molecule has 2 aromatic heterocycles. The standard InChI is InChI=1S/C32H31F10N7O/c1-15-7-21(43)44-26(23(15)32(40,41)42)22-19(31(37,38)39)8-18-25(24(22)36)45-28(50-14-30-4-2-6-49(30)11-16(33)9-30)46-27(18)48-12-17-3-5-29(13-48,47-17)10-20(34)35/h7-8,10,16-17,47H,2-6,9,11-14H2,1H3,(H2,43,44)/t16-,17-,29-,30+/m1/s1. The quantitative estimate of drug-likeness (QED) is 0.269. The second-order valence-electron chi connectivity index (χ2n) is 13.6. The van der Waals surface area contributed by atoms with E-state index in [0.29, 0.717) is 31.5 Å². The summed E-state index contributed by atoms with van der Waals surface area (Å²) in [5, 5.41) is 2.57. The number of aryl methyl sites for hydroxylation is 1. The van der Waals surface area contributed by atoms with Crippen molar-refractivity contribution in [3.63, 3.8) is 0 Å². The second-order valence-corrected chi connectivity index (χ2v) is 13.6. The van der Waals surface area contributed by atoms with Gasteiger partial charge in [-0.3, -0.25) is 4.90 Å². The lowest BCUT2D eigenvalue weighted by atomic mass is 9.93. The Bertz CT molecular complexity index is 1880. The van der Waals surface area contributed by atoms with Gasteiger partial charge in [-0.05, 0) is 56.8 Å². The fourth-order valence-corrected chi connectivity index (χ4v) is 8.28. The van der Waals surface area contributed by atoms with Gasteiger partial charge in [0, 0.05) is 43.6 Å². The smallest absolute Gasteiger partial charge is 0.418 e. The average molecular weight is 720 g/mol. The Labute approximate surface area is 278 Å². The predicted molar refractivity (Wildman–Crippen MR) is 162 cm³/mol. The van der Waals surface area contributed by atoms with Crippen molar-refractivity contribution in [2.24, 2.45) is 0 Å². The van der Waals surface area contributed by atoms with Gasteiger partial charge in [0.15, 0.2) is 5.82 Å². The summed E-state index contributed by atoms with van der Waals surface area (Å²) in [6, 6.07) is 0.322. The first-order valence-corrected chi connectivity index (χ1v) is 15.9. The Kier molecular flexibility index (Phi) is 8.16. The Hall–Kier alpha value is -3.93. The molecule has 3 aromatic rings. The third-order valence-electron chi connectivity index (χ3n) is 10.2. The zero-order chi connectivity index (χ0) is 36.0.